The summed E-state index contributed by atoms with van der Waals surface area (Å²) >= 11 is 0.962. The molecule has 1 aliphatic rings. The molecule has 0 amide bonds. The number of aryl methyl sites for hydroxylation is 2. The molecule has 0 saturated heterocycles. The van der Waals surface area contributed by atoms with E-state index in [1.54, 1.807) is 0 Å². The lowest BCUT2D eigenvalue weighted by Crippen LogP contribution is -2.34. The number of rotatable bonds is 8. The van der Waals surface area contributed by atoms with Crippen LogP contribution < -0.4 is 10.5 Å². The van der Waals surface area contributed by atoms with Crippen LogP contribution in [-0.2, 0) is 37.5 Å². The first-order valence-corrected chi connectivity index (χ1v) is 11.2. The van der Waals surface area contributed by atoms with E-state index < -0.39 is 11.8 Å². The molecule has 0 radical (unpaired) electrons. The molecular weight excluding hydrogens is 437 g/mol. The van der Waals surface area contributed by atoms with Crippen LogP contribution in [0, 0.1) is 0 Å². The van der Waals surface area contributed by atoms with Crippen LogP contribution in [0.5, 0.6) is 0 Å². The molecule has 5 nitrogen and oxygen atoms in total. The van der Waals surface area contributed by atoms with Crippen molar-refractivity contribution in [1.29, 1.82) is 0 Å². The van der Waals surface area contributed by atoms with Gasteiger partial charge in [0.15, 0.2) is 5.69 Å². The third kappa shape index (κ3) is 5.01. The van der Waals surface area contributed by atoms with Gasteiger partial charge in [0.1, 0.15) is 0 Å². The SMILES string of the molecule is Cn1cc(SNCc2ccc3c(c2)C(Cc2ccccc2)C(N)CC3)c(C(F)(F)OF)n1. The van der Waals surface area contributed by atoms with Gasteiger partial charge >= 0.3 is 6.11 Å². The van der Waals surface area contributed by atoms with Gasteiger partial charge < -0.3 is 5.73 Å². The number of hydrogen-bond acceptors (Lipinski definition) is 5. The Bertz CT molecular complexity index is 1060. The molecule has 0 fully saturated rings. The lowest BCUT2D eigenvalue weighted by molar-refractivity contribution is -0.367. The van der Waals surface area contributed by atoms with Gasteiger partial charge in [0.25, 0.3) is 0 Å². The number of alkyl halides is 2. The van der Waals surface area contributed by atoms with Crippen LogP contribution in [0.2, 0.25) is 0 Å². The maximum atomic E-state index is 13.6. The van der Waals surface area contributed by atoms with E-state index >= 15 is 0 Å². The first kappa shape index (κ1) is 22.8. The van der Waals surface area contributed by atoms with Crippen LogP contribution in [0.25, 0.3) is 0 Å². The number of fused-ring (bicyclic) bond motifs is 1. The molecule has 0 bridgehead atoms. The zero-order chi connectivity index (χ0) is 22.7. The van der Waals surface area contributed by atoms with E-state index in [2.05, 4.69) is 39.0 Å². The van der Waals surface area contributed by atoms with Gasteiger partial charge in [-0.2, -0.15) is 13.9 Å². The smallest absolute Gasteiger partial charge is 0.327 e. The number of nitrogens with zero attached hydrogens (tertiary/aromatic N) is 2. The second-order valence-corrected chi connectivity index (χ2v) is 9.00. The fourth-order valence-electron chi connectivity index (χ4n) is 4.19. The van der Waals surface area contributed by atoms with Crippen LogP contribution in [0.1, 0.15) is 40.3 Å². The van der Waals surface area contributed by atoms with E-state index in [1.807, 2.05) is 24.3 Å². The van der Waals surface area contributed by atoms with Crippen molar-refractivity contribution in [3.63, 3.8) is 0 Å². The maximum Gasteiger partial charge on any atom is 0.432 e. The summed E-state index contributed by atoms with van der Waals surface area (Å²) in [6.45, 7) is 0.432. The Labute approximate surface area is 189 Å². The molecule has 2 atom stereocenters. The summed E-state index contributed by atoms with van der Waals surface area (Å²) < 4.78 is 43.8. The summed E-state index contributed by atoms with van der Waals surface area (Å²) in [5.41, 5.74) is 10.6. The Morgan fingerprint density at radius 3 is 2.75 bits per heavy atom. The standard InChI is InChI=1S/C23H25F3N4OS/c1-30-14-21(22(29-30)23(24,25)31-26)32-28-13-16-7-8-17-9-10-20(27)19(18(17)12-16)11-15-5-3-2-4-6-15/h2-8,12,14,19-20,28H,9-11,13,27H2,1H3. The van der Waals surface area contributed by atoms with E-state index in [0.717, 1.165) is 36.8 Å². The van der Waals surface area contributed by atoms with Crippen LogP contribution in [0.3, 0.4) is 0 Å². The van der Waals surface area contributed by atoms with Gasteiger partial charge in [-0.25, -0.2) is 0 Å². The quantitative estimate of drug-likeness (QED) is 0.472. The van der Waals surface area contributed by atoms with Gasteiger partial charge in [-0.1, -0.05) is 48.5 Å². The molecule has 9 heteroatoms. The van der Waals surface area contributed by atoms with Crippen molar-refractivity contribution >= 4 is 11.9 Å². The molecular formula is C23H25F3N4OS. The van der Waals surface area contributed by atoms with Crippen molar-refractivity contribution in [3.05, 3.63) is 82.7 Å². The molecule has 2 aromatic carbocycles. The van der Waals surface area contributed by atoms with Crippen molar-refractivity contribution in [3.8, 4) is 0 Å². The molecule has 1 heterocycles. The van der Waals surface area contributed by atoms with Crippen LogP contribution in [0.15, 0.2) is 59.6 Å². The van der Waals surface area contributed by atoms with Crippen molar-refractivity contribution in [2.24, 2.45) is 12.8 Å². The minimum atomic E-state index is -4.10. The van der Waals surface area contributed by atoms with Crippen molar-refractivity contribution < 1.29 is 18.2 Å². The van der Waals surface area contributed by atoms with Gasteiger partial charge in [0.05, 0.1) is 4.90 Å². The van der Waals surface area contributed by atoms with Crippen LogP contribution in [-0.4, -0.2) is 15.8 Å². The third-order valence-electron chi connectivity index (χ3n) is 5.80. The lowest BCUT2D eigenvalue weighted by Gasteiger charge is -2.32. The van der Waals surface area contributed by atoms with Gasteiger partial charge in [0.2, 0.25) is 0 Å². The Hall–Kier alpha value is -2.33. The topological polar surface area (TPSA) is 65.1 Å². The zero-order valence-electron chi connectivity index (χ0n) is 17.6. The van der Waals surface area contributed by atoms with Crippen LogP contribution in [0.4, 0.5) is 13.3 Å². The molecule has 4 rings (SSSR count). The highest BCUT2D eigenvalue weighted by Crippen LogP contribution is 2.36. The summed E-state index contributed by atoms with van der Waals surface area (Å²) in [5.74, 6) is 0.221. The van der Waals surface area contributed by atoms with E-state index in [0.29, 0.717) is 6.54 Å². The number of benzene rings is 2. The van der Waals surface area contributed by atoms with E-state index in [4.69, 9.17) is 5.73 Å². The Balaban J connectivity index is 1.48. The summed E-state index contributed by atoms with van der Waals surface area (Å²) in [6.07, 6.45) is 0.0613. The molecule has 32 heavy (non-hydrogen) atoms. The average Bonchev–Trinajstić information content (AvgIpc) is 3.18. The van der Waals surface area contributed by atoms with Crippen LogP contribution >= 0.6 is 11.9 Å². The number of hydrogen-bond donors (Lipinski definition) is 2. The average molecular weight is 463 g/mol. The zero-order valence-corrected chi connectivity index (χ0v) is 18.4. The molecule has 0 aliphatic heterocycles. The lowest BCUT2D eigenvalue weighted by atomic mass is 9.76. The highest BCUT2D eigenvalue weighted by molar-refractivity contribution is 7.97. The number of nitrogens with two attached hydrogens (primary N) is 1. The molecule has 3 aromatic rings. The number of nitrogens with one attached hydrogen (secondary N) is 1. The number of aromatic nitrogens is 2. The van der Waals surface area contributed by atoms with Gasteiger partial charge in [-0.05, 0) is 58.0 Å². The first-order chi connectivity index (χ1) is 15.4. The monoisotopic (exact) mass is 462 g/mol. The highest BCUT2D eigenvalue weighted by Gasteiger charge is 2.40. The Morgan fingerprint density at radius 2 is 2.00 bits per heavy atom. The Kier molecular flexibility index (Phi) is 6.90. The van der Waals surface area contributed by atoms with E-state index in [1.165, 1.54) is 34.6 Å². The molecule has 1 aliphatic carbocycles. The predicted molar refractivity (Wildman–Crippen MR) is 118 cm³/mol. The summed E-state index contributed by atoms with van der Waals surface area (Å²) in [7, 11) is 1.49. The Morgan fingerprint density at radius 1 is 1.22 bits per heavy atom. The van der Waals surface area contributed by atoms with E-state index in [9.17, 15) is 13.3 Å². The second kappa shape index (κ2) is 9.66. The predicted octanol–water partition coefficient (Wildman–Crippen LogP) is 4.77. The molecule has 0 saturated carbocycles. The van der Waals surface area contributed by atoms with Crippen molar-refractivity contribution in [2.75, 3.05) is 0 Å². The van der Waals surface area contributed by atoms with Gasteiger partial charge in [0, 0.05) is 31.7 Å². The van der Waals surface area contributed by atoms with Crippen molar-refractivity contribution in [1.82, 2.24) is 14.5 Å². The molecule has 3 N–H and O–H groups in total. The van der Waals surface area contributed by atoms with E-state index in [-0.39, 0.29) is 16.9 Å². The summed E-state index contributed by atoms with van der Waals surface area (Å²) in [5, 5.41) is 3.62. The van der Waals surface area contributed by atoms with Gasteiger partial charge in [-0.3, -0.25) is 9.40 Å². The fourth-order valence-corrected chi connectivity index (χ4v) is 5.04. The molecule has 0 spiro atoms. The summed E-state index contributed by atoms with van der Waals surface area (Å²) in [6, 6.07) is 16.7. The highest BCUT2D eigenvalue weighted by atomic mass is 32.2. The molecule has 2 unspecified atom stereocenters. The largest absolute Gasteiger partial charge is 0.432 e. The first-order valence-electron chi connectivity index (χ1n) is 10.4. The minimum Gasteiger partial charge on any atom is -0.327 e. The molecule has 170 valence electrons. The maximum absolute atomic E-state index is 13.6. The fraction of sp³-hybridized carbons (Fsp3) is 0.348. The minimum absolute atomic E-state index is 0.0844. The second-order valence-electron chi connectivity index (χ2n) is 8.06. The van der Waals surface area contributed by atoms with Gasteiger partial charge in [-0.15, -0.1) is 4.94 Å². The number of halogens is 3. The molecule has 1 aromatic heterocycles. The normalized spacial score (nSPS) is 18.5. The third-order valence-corrected chi connectivity index (χ3v) is 6.61. The summed E-state index contributed by atoms with van der Waals surface area (Å²) in [4.78, 5) is 2.91. The van der Waals surface area contributed by atoms with Crippen molar-refractivity contribution in [2.45, 2.75) is 48.8 Å².